The molecule has 2 aromatic heterocycles. The number of amides is 1. The number of pyridine rings is 1. The molecule has 8 nitrogen and oxygen atoms in total. The van der Waals surface area contributed by atoms with Crippen molar-refractivity contribution in [2.24, 2.45) is 7.05 Å². The molecule has 0 atom stereocenters. The molecular formula is C22H22N6O2. The zero-order valence-corrected chi connectivity index (χ0v) is 16.9. The quantitative estimate of drug-likeness (QED) is 0.453. The average Bonchev–Trinajstić information content (AvgIpc) is 3.08. The number of nitrogens with one attached hydrogen (secondary N) is 3. The van der Waals surface area contributed by atoms with Gasteiger partial charge in [0, 0.05) is 50.8 Å². The second kappa shape index (κ2) is 8.12. The fourth-order valence-electron chi connectivity index (χ4n) is 3.07. The first kappa shape index (κ1) is 19.3. The molecule has 0 aliphatic carbocycles. The molecule has 4 aromatic rings. The maximum absolute atomic E-state index is 11.8. The minimum Gasteiger partial charge on any atom is -0.457 e. The summed E-state index contributed by atoms with van der Waals surface area (Å²) < 4.78 is 7.91. The van der Waals surface area contributed by atoms with E-state index in [0.29, 0.717) is 17.2 Å². The molecule has 152 valence electrons. The van der Waals surface area contributed by atoms with Crippen LogP contribution in [-0.4, -0.2) is 34.5 Å². The van der Waals surface area contributed by atoms with Gasteiger partial charge < -0.3 is 25.3 Å². The van der Waals surface area contributed by atoms with Crippen LogP contribution >= 0.6 is 0 Å². The number of nitrogens with zero attached hydrogens (tertiary/aromatic N) is 3. The van der Waals surface area contributed by atoms with E-state index in [1.807, 2.05) is 61.1 Å². The lowest BCUT2D eigenvalue weighted by molar-refractivity contribution is 0.0958. The number of rotatable bonds is 6. The van der Waals surface area contributed by atoms with Crippen LogP contribution < -0.4 is 20.7 Å². The zero-order valence-electron chi connectivity index (χ0n) is 16.9. The summed E-state index contributed by atoms with van der Waals surface area (Å²) in [5.74, 6) is 1.62. The van der Waals surface area contributed by atoms with Gasteiger partial charge in [0.05, 0.1) is 11.0 Å². The number of benzene rings is 2. The third-order valence-corrected chi connectivity index (χ3v) is 4.71. The molecule has 8 heteroatoms. The number of aryl methyl sites for hydroxylation is 1. The van der Waals surface area contributed by atoms with Crippen molar-refractivity contribution in [3.63, 3.8) is 0 Å². The molecule has 1 amide bonds. The van der Waals surface area contributed by atoms with Gasteiger partial charge in [-0.2, -0.15) is 0 Å². The smallest absolute Gasteiger partial charge is 0.269 e. The molecule has 4 rings (SSSR count). The Kier molecular flexibility index (Phi) is 5.21. The lowest BCUT2D eigenvalue weighted by Crippen LogP contribution is -2.18. The van der Waals surface area contributed by atoms with Gasteiger partial charge in [-0.1, -0.05) is 0 Å². The van der Waals surface area contributed by atoms with Crippen LogP contribution in [0.4, 0.5) is 17.3 Å². The molecule has 0 saturated carbocycles. The first-order valence-electron chi connectivity index (χ1n) is 9.44. The zero-order chi connectivity index (χ0) is 21.1. The van der Waals surface area contributed by atoms with E-state index in [1.165, 1.54) is 0 Å². The van der Waals surface area contributed by atoms with Crippen LogP contribution in [0.2, 0.25) is 0 Å². The standard InChI is InChI=1S/C22H22N6O2/c1-23-14-4-6-15(7-5-14)26-22-27-18-12-16(8-9-20(18)28(22)3)30-17-10-11-25-19(13-17)21(29)24-2/h4-13,23H,1-3H3,(H,24,29)(H,26,27). The first-order valence-corrected chi connectivity index (χ1v) is 9.44. The van der Waals surface area contributed by atoms with E-state index in [1.54, 1.807) is 25.4 Å². The van der Waals surface area contributed by atoms with Gasteiger partial charge in [-0.05, 0) is 42.5 Å². The molecule has 30 heavy (non-hydrogen) atoms. The SMILES string of the molecule is CNC(=O)c1cc(Oc2ccc3c(c2)nc(Nc2ccc(NC)cc2)n3C)ccn1. The largest absolute Gasteiger partial charge is 0.457 e. The van der Waals surface area contributed by atoms with Crippen LogP contribution in [0.5, 0.6) is 11.5 Å². The first-order chi connectivity index (χ1) is 14.6. The Morgan fingerprint density at radius 1 is 0.967 bits per heavy atom. The molecule has 0 radical (unpaired) electrons. The summed E-state index contributed by atoms with van der Waals surface area (Å²) in [5.41, 5.74) is 4.05. The monoisotopic (exact) mass is 402 g/mol. The molecule has 0 fully saturated rings. The van der Waals surface area contributed by atoms with E-state index in [0.717, 1.165) is 28.4 Å². The maximum atomic E-state index is 11.8. The van der Waals surface area contributed by atoms with Crippen molar-refractivity contribution >= 4 is 34.3 Å². The number of aromatic nitrogens is 3. The van der Waals surface area contributed by atoms with Crippen LogP contribution in [0.3, 0.4) is 0 Å². The van der Waals surface area contributed by atoms with Crippen molar-refractivity contribution in [3.8, 4) is 11.5 Å². The maximum Gasteiger partial charge on any atom is 0.269 e. The molecule has 3 N–H and O–H groups in total. The van der Waals surface area contributed by atoms with E-state index in [9.17, 15) is 4.79 Å². The van der Waals surface area contributed by atoms with Crippen molar-refractivity contribution < 1.29 is 9.53 Å². The van der Waals surface area contributed by atoms with Crippen LogP contribution in [-0.2, 0) is 7.05 Å². The average molecular weight is 402 g/mol. The Labute approximate surface area is 173 Å². The molecule has 2 aromatic carbocycles. The lowest BCUT2D eigenvalue weighted by atomic mass is 10.3. The van der Waals surface area contributed by atoms with E-state index in [-0.39, 0.29) is 5.91 Å². The Hall–Kier alpha value is -4.07. The van der Waals surface area contributed by atoms with Crippen LogP contribution in [0.25, 0.3) is 11.0 Å². The van der Waals surface area contributed by atoms with Gasteiger partial charge in [0.2, 0.25) is 5.95 Å². The lowest BCUT2D eigenvalue weighted by Gasteiger charge is -2.07. The van der Waals surface area contributed by atoms with Crippen molar-refractivity contribution in [1.29, 1.82) is 0 Å². The van der Waals surface area contributed by atoms with Gasteiger partial charge in [-0.3, -0.25) is 9.78 Å². The van der Waals surface area contributed by atoms with Crippen LogP contribution in [0.15, 0.2) is 60.8 Å². The van der Waals surface area contributed by atoms with Gasteiger partial charge in [0.25, 0.3) is 5.91 Å². The van der Waals surface area contributed by atoms with Gasteiger partial charge in [0.15, 0.2) is 0 Å². The normalized spacial score (nSPS) is 10.6. The van der Waals surface area contributed by atoms with Gasteiger partial charge in [0.1, 0.15) is 17.2 Å². The highest BCUT2D eigenvalue weighted by atomic mass is 16.5. The molecular weight excluding hydrogens is 380 g/mol. The molecule has 0 saturated heterocycles. The fourth-order valence-corrected chi connectivity index (χ4v) is 3.07. The summed E-state index contributed by atoms with van der Waals surface area (Å²) in [4.78, 5) is 20.5. The van der Waals surface area contributed by atoms with Crippen molar-refractivity contribution in [2.75, 3.05) is 24.7 Å². The van der Waals surface area contributed by atoms with Gasteiger partial charge >= 0.3 is 0 Å². The number of ether oxygens (including phenoxy) is 1. The third-order valence-electron chi connectivity index (χ3n) is 4.71. The fraction of sp³-hybridized carbons (Fsp3) is 0.136. The highest BCUT2D eigenvalue weighted by Crippen LogP contribution is 2.28. The highest BCUT2D eigenvalue weighted by molar-refractivity contribution is 5.92. The molecule has 0 aliphatic heterocycles. The Morgan fingerprint density at radius 3 is 2.43 bits per heavy atom. The second-order valence-electron chi connectivity index (χ2n) is 6.66. The molecule has 0 spiro atoms. The van der Waals surface area contributed by atoms with E-state index in [4.69, 9.17) is 9.72 Å². The van der Waals surface area contributed by atoms with Crippen LogP contribution in [0, 0.1) is 0 Å². The summed E-state index contributed by atoms with van der Waals surface area (Å²) >= 11 is 0. The highest BCUT2D eigenvalue weighted by Gasteiger charge is 2.11. The Balaban J connectivity index is 1.58. The summed E-state index contributed by atoms with van der Waals surface area (Å²) in [5, 5.41) is 8.99. The number of hydrogen-bond acceptors (Lipinski definition) is 6. The topological polar surface area (TPSA) is 93.1 Å². The Morgan fingerprint density at radius 2 is 1.70 bits per heavy atom. The summed E-state index contributed by atoms with van der Waals surface area (Å²) in [6.45, 7) is 0. The van der Waals surface area contributed by atoms with Gasteiger partial charge in [-0.25, -0.2) is 4.98 Å². The number of imidazole rings is 1. The van der Waals surface area contributed by atoms with Crippen LogP contribution in [0.1, 0.15) is 10.5 Å². The number of fused-ring (bicyclic) bond motifs is 1. The molecule has 0 unspecified atom stereocenters. The summed E-state index contributed by atoms with van der Waals surface area (Å²) in [6, 6.07) is 17.0. The molecule has 2 heterocycles. The number of hydrogen-bond donors (Lipinski definition) is 3. The number of anilines is 3. The molecule has 0 bridgehead atoms. The molecule has 0 aliphatic rings. The van der Waals surface area contributed by atoms with E-state index >= 15 is 0 Å². The van der Waals surface area contributed by atoms with E-state index < -0.39 is 0 Å². The third kappa shape index (κ3) is 3.88. The minimum absolute atomic E-state index is 0.265. The van der Waals surface area contributed by atoms with E-state index in [2.05, 4.69) is 20.9 Å². The predicted molar refractivity (Wildman–Crippen MR) is 118 cm³/mol. The van der Waals surface area contributed by atoms with Gasteiger partial charge in [-0.15, -0.1) is 0 Å². The Bertz CT molecular complexity index is 1200. The van der Waals surface area contributed by atoms with Crippen molar-refractivity contribution in [1.82, 2.24) is 19.9 Å². The predicted octanol–water partition coefficient (Wildman–Crippen LogP) is 3.91. The van der Waals surface area contributed by atoms with Crippen molar-refractivity contribution in [3.05, 3.63) is 66.5 Å². The number of carbonyl (C=O) groups excluding carboxylic acids is 1. The minimum atomic E-state index is -0.265. The number of carbonyl (C=O) groups is 1. The second-order valence-corrected chi connectivity index (χ2v) is 6.66. The van der Waals surface area contributed by atoms with Crippen molar-refractivity contribution in [2.45, 2.75) is 0 Å². The summed E-state index contributed by atoms with van der Waals surface area (Å²) in [6.07, 6.45) is 1.54. The summed E-state index contributed by atoms with van der Waals surface area (Å²) in [7, 11) is 5.41.